The first kappa shape index (κ1) is 9.93. The monoisotopic (exact) mass is 214 g/mol. The molecule has 0 spiro atoms. The normalized spacial score (nSPS) is 9.94. The molecule has 0 aliphatic rings. The van der Waals surface area contributed by atoms with Gasteiger partial charge in [-0.2, -0.15) is 5.26 Å². The van der Waals surface area contributed by atoms with Crippen molar-refractivity contribution in [1.29, 1.82) is 5.26 Å². The molecule has 1 aromatic carbocycles. The Balaban J connectivity index is 2.95. The van der Waals surface area contributed by atoms with Crippen LogP contribution in [0.1, 0.15) is 16.1 Å². The lowest BCUT2D eigenvalue weighted by Crippen LogP contribution is -2.13. The second-order valence-corrected chi connectivity index (χ2v) is 3.20. The van der Waals surface area contributed by atoms with Crippen LogP contribution in [-0.2, 0) is 0 Å². The summed E-state index contributed by atoms with van der Waals surface area (Å²) < 4.78 is 0. The molecule has 0 bridgehead atoms. The van der Waals surface area contributed by atoms with E-state index in [1.807, 2.05) is 6.07 Å². The van der Waals surface area contributed by atoms with Crippen LogP contribution in [-0.4, -0.2) is 16.1 Å². The van der Waals surface area contributed by atoms with Crippen molar-refractivity contribution in [2.75, 3.05) is 0 Å². The van der Waals surface area contributed by atoms with Gasteiger partial charge < -0.3 is 10.1 Å². The summed E-state index contributed by atoms with van der Waals surface area (Å²) in [6, 6.07) is 7.86. The van der Waals surface area contributed by atoms with Crippen molar-refractivity contribution in [1.82, 2.24) is 4.98 Å². The fraction of sp³-hybridized carbons (Fsp3) is 0. The zero-order valence-electron chi connectivity index (χ0n) is 8.02. The number of carbonyl (C=O) groups is 1. The number of carboxylic acids is 1. The Morgan fingerprint density at radius 1 is 1.38 bits per heavy atom. The molecule has 0 radical (unpaired) electrons. The third kappa shape index (κ3) is 1.42. The minimum atomic E-state index is -1.23. The fourth-order valence-corrected chi connectivity index (χ4v) is 1.50. The summed E-state index contributed by atoms with van der Waals surface area (Å²) in [7, 11) is 0. The maximum absolute atomic E-state index is 11.5. The first-order chi connectivity index (χ1) is 7.63. The number of H-pyrrole nitrogens is 1. The molecule has 1 heterocycles. The minimum Gasteiger partial charge on any atom is -0.477 e. The van der Waals surface area contributed by atoms with Crippen LogP contribution in [0.15, 0.2) is 29.1 Å². The summed E-state index contributed by atoms with van der Waals surface area (Å²) in [6.45, 7) is 0. The van der Waals surface area contributed by atoms with Crippen LogP contribution in [0.3, 0.4) is 0 Å². The van der Waals surface area contributed by atoms with Gasteiger partial charge in [0, 0.05) is 10.8 Å². The lowest BCUT2D eigenvalue weighted by molar-refractivity contribution is 0.0690. The van der Waals surface area contributed by atoms with Crippen molar-refractivity contribution in [3.05, 3.63) is 45.9 Å². The second kappa shape index (κ2) is 3.51. The average molecular weight is 214 g/mol. The maximum atomic E-state index is 11.5. The zero-order valence-corrected chi connectivity index (χ0v) is 8.02. The van der Waals surface area contributed by atoms with Crippen LogP contribution in [0.25, 0.3) is 10.8 Å². The molecule has 2 rings (SSSR count). The number of aromatic nitrogens is 1. The number of hydrogen-bond donors (Lipinski definition) is 2. The number of nitrogens with one attached hydrogen (secondary N) is 1. The highest BCUT2D eigenvalue weighted by atomic mass is 16.4. The highest BCUT2D eigenvalue weighted by molar-refractivity contribution is 5.94. The largest absolute Gasteiger partial charge is 0.477 e. The number of carboxylic acid groups (broad SMARTS) is 1. The van der Waals surface area contributed by atoms with Crippen LogP contribution >= 0.6 is 0 Å². The highest BCUT2D eigenvalue weighted by Gasteiger charge is 2.09. The fourth-order valence-electron chi connectivity index (χ4n) is 1.50. The van der Waals surface area contributed by atoms with E-state index in [0.717, 1.165) is 0 Å². The summed E-state index contributed by atoms with van der Waals surface area (Å²) >= 11 is 0. The van der Waals surface area contributed by atoms with Gasteiger partial charge in [-0.15, -0.1) is 0 Å². The molecule has 0 unspecified atom stereocenters. The molecule has 0 saturated carbocycles. The molecule has 2 N–H and O–H groups in total. The Bertz CT molecular complexity index is 680. The van der Waals surface area contributed by atoms with E-state index in [1.165, 1.54) is 12.1 Å². The number of hydrogen-bond acceptors (Lipinski definition) is 3. The Morgan fingerprint density at radius 2 is 2.12 bits per heavy atom. The van der Waals surface area contributed by atoms with E-state index < -0.39 is 11.5 Å². The first-order valence-corrected chi connectivity index (χ1v) is 4.43. The van der Waals surface area contributed by atoms with Crippen molar-refractivity contribution < 1.29 is 9.90 Å². The Kier molecular flexibility index (Phi) is 2.18. The third-order valence-corrected chi connectivity index (χ3v) is 2.24. The van der Waals surface area contributed by atoms with Crippen molar-refractivity contribution in [3.8, 4) is 6.07 Å². The van der Waals surface area contributed by atoms with Crippen LogP contribution in [0, 0.1) is 11.3 Å². The van der Waals surface area contributed by atoms with E-state index in [9.17, 15) is 9.59 Å². The zero-order chi connectivity index (χ0) is 11.7. The quantitative estimate of drug-likeness (QED) is 0.743. The predicted molar refractivity (Wildman–Crippen MR) is 56.2 cm³/mol. The van der Waals surface area contributed by atoms with Gasteiger partial charge in [-0.3, -0.25) is 4.79 Å². The summed E-state index contributed by atoms with van der Waals surface area (Å²) in [5.74, 6) is -1.23. The maximum Gasteiger partial charge on any atom is 0.352 e. The van der Waals surface area contributed by atoms with E-state index >= 15 is 0 Å². The van der Waals surface area contributed by atoms with E-state index in [2.05, 4.69) is 4.98 Å². The molecule has 0 saturated heterocycles. The molecule has 0 aliphatic heterocycles. The molecule has 5 nitrogen and oxygen atoms in total. The predicted octanol–water partition coefficient (Wildman–Crippen LogP) is 1.10. The Labute approximate surface area is 89.6 Å². The van der Waals surface area contributed by atoms with Crippen molar-refractivity contribution in [2.45, 2.75) is 0 Å². The number of fused-ring (bicyclic) bond motifs is 1. The smallest absolute Gasteiger partial charge is 0.352 e. The molecular weight excluding hydrogens is 208 g/mol. The molecule has 5 heteroatoms. The minimum absolute atomic E-state index is 0.222. The van der Waals surface area contributed by atoms with Gasteiger partial charge in [-0.05, 0) is 18.2 Å². The van der Waals surface area contributed by atoms with Gasteiger partial charge in [-0.25, -0.2) is 4.79 Å². The molecule has 0 atom stereocenters. The van der Waals surface area contributed by atoms with Crippen LogP contribution in [0.4, 0.5) is 0 Å². The van der Waals surface area contributed by atoms with E-state index in [1.54, 1.807) is 12.1 Å². The van der Waals surface area contributed by atoms with E-state index in [0.29, 0.717) is 10.8 Å². The highest BCUT2D eigenvalue weighted by Crippen LogP contribution is 2.15. The van der Waals surface area contributed by atoms with Crippen molar-refractivity contribution >= 4 is 16.7 Å². The lowest BCUT2D eigenvalue weighted by atomic mass is 10.1. The van der Waals surface area contributed by atoms with Gasteiger partial charge in [-0.1, -0.05) is 6.07 Å². The Hall–Kier alpha value is -2.61. The molecule has 0 amide bonds. The van der Waals surface area contributed by atoms with Gasteiger partial charge in [0.05, 0.1) is 11.6 Å². The lowest BCUT2D eigenvalue weighted by Gasteiger charge is -2.00. The molecule has 2 aromatic rings. The van der Waals surface area contributed by atoms with E-state index in [4.69, 9.17) is 10.4 Å². The molecule has 0 fully saturated rings. The van der Waals surface area contributed by atoms with Gasteiger partial charge in [0.15, 0.2) is 0 Å². The van der Waals surface area contributed by atoms with Gasteiger partial charge >= 0.3 is 5.97 Å². The Morgan fingerprint density at radius 3 is 2.75 bits per heavy atom. The number of nitrogens with zero attached hydrogens (tertiary/aromatic N) is 1. The summed E-state index contributed by atoms with van der Waals surface area (Å²) in [5, 5.41) is 18.3. The number of pyridine rings is 1. The molecule has 78 valence electrons. The standard InChI is InChI=1S/C11H6N2O3/c12-5-6-2-1-3-7-8(6)4-9(11(15)16)13-10(7)14/h1-4H,(H,13,14)(H,15,16). The van der Waals surface area contributed by atoms with Crippen molar-refractivity contribution in [3.63, 3.8) is 0 Å². The number of nitriles is 1. The summed E-state index contributed by atoms with van der Waals surface area (Å²) in [4.78, 5) is 24.5. The van der Waals surface area contributed by atoms with Gasteiger partial charge in [0.2, 0.25) is 0 Å². The molecule has 1 aromatic heterocycles. The molecule has 16 heavy (non-hydrogen) atoms. The average Bonchev–Trinajstić information content (AvgIpc) is 2.28. The van der Waals surface area contributed by atoms with Crippen LogP contribution in [0.5, 0.6) is 0 Å². The number of rotatable bonds is 1. The van der Waals surface area contributed by atoms with Gasteiger partial charge in [0.1, 0.15) is 5.69 Å². The van der Waals surface area contributed by atoms with E-state index in [-0.39, 0.29) is 11.3 Å². The third-order valence-electron chi connectivity index (χ3n) is 2.24. The van der Waals surface area contributed by atoms with Crippen LogP contribution < -0.4 is 5.56 Å². The molecular formula is C11H6N2O3. The van der Waals surface area contributed by atoms with Crippen molar-refractivity contribution in [2.24, 2.45) is 0 Å². The van der Waals surface area contributed by atoms with Gasteiger partial charge in [0.25, 0.3) is 5.56 Å². The second-order valence-electron chi connectivity index (χ2n) is 3.20. The molecule has 0 aliphatic carbocycles. The number of benzene rings is 1. The summed E-state index contributed by atoms with van der Waals surface area (Å²) in [5.41, 5.74) is -0.446. The SMILES string of the molecule is N#Cc1cccc2c(=O)[nH]c(C(=O)O)cc12. The van der Waals surface area contributed by atoms with Crippen LogP contribution in [0.2, 0.25) is 0 Å². The summed E-state index contributed by atoms with van der Waals surface area (Å²) in [6.07, 6.45) is 0. The first-order valence-electron chi connectivity index (χ1n) is 4.43. The number of aromatic amines is 1. The number of aromatic carboxylic acids is 1. The topological polar surface area (TPSA) is 94.0 Å².